The zero-order chi connectivity index (χ0) is 16.3. The van der Waals surface area contributed by atoms with Gasteiger partial charge in [0.2, 0.25) is 0 Å². The summed E-state index contributed by atoms with van der Waals surface area (Å²) in [5.41, 5.74) is 8.42. The molecule has 1 spiro atoms. The van der Waals surface area contributed by atoms with Crippen LogP contribution in [0.5, 0.6) is 0 Å². The van der Waals surface area contributed by atoms with Gasteiger partial charge in [0.05, 0.1) is 12.1 Å². The molecule has 24 heavy (non-hydrogen) atoms. The van der Waals surface area contributed by atoms with Crippen LogP contribution < -0.4 is 11.1 Å². The molecule has 1 aromatic carbocycles. The summed E-state index contributed by atoms with van der Waals surface area (Å²) in [6, 6.07) is 8.37. The number of rotatable bonds is 4. The van der Waals surface area contributed by atoms with E-state index in [2.05, 4.69) is 31.3 Å². The normalized spacial score (nSPS) is 25.7. The van der Waals surface area contributed by atoms with E-state index in [0.29, 0.717) is 5.96 Å². The summed E-state index contributed by atoms with van der Waals surface area (Å²) in [6.45, 7) is 6.45. The van der Waals surface area contributed by atoms with Crippen LogP contribution in [0.1, 0.15) is 31.7 Å². The van der Waals surface area contributed by atoms with E-state index in [1.54, 1.807) is 0 Å². The first kappa shape index (κ1) is 19.5. The third-order valence-corrected chi connectivity index (χ3v) is 5.12. The standard InChI is InChI=1S/C18H27N3O2.HI/c1-3-23-16-12-15(18(16)7-9-22-10-8-18)21-17(19)20-14-6-4-5-13(2)11-14;/h4-6,11,15-16H,3,7-10,12H2,1-2H3,(H3,19,20,21);1H. The Morgan fingerprint density at radius 2 is 2.17 bits per heavy atom. The van der Waals surface area contributed by atoms with Crippen LogP contribution in [0.4, 0.5) is 5.69 Å². The van der Waals surface area contributed by atoms with E-state index in [9.17, 15) is 0 Å². The van der Waals surface area contributed by atoms with Gasteiger partial charge in [-0.05, 0) is 50.8 Å². The molecule has 1 aliphatic carbocycles. The first-order valence-corrected chi connectivity index (χ1v) is 8.50. The topological polar surface area (TPSA) is 68.9 Å². The maximum atomic E-state index is 6.14. The minimum absolute atomic E-state index is 0. The Bertz CT molecular complexity index is 573. The predicted molar refractivity (Wildman–Crippen MR) is 108 cm³/mol. The molecule has 2 atom stereocenters. The van der Waals surface area contributed by atoms with Crippen molar-refractivity contribution in [2.45, 2.75) is 45.3 Å². The molecule has 134 valence electrons. The van der Waals surface area contributed by atoms with E-state index in [1.165, 1.54) is 5.56 Å². The van der Waals surface area contributed by atoms with Gasteiger partial charge < -0.3 is 20.5 Å². The third-order valence-electron chi connectivity index (χ3n) is 5.12. The fourth-order valence-corrected chi connectivity index (χ4v) is 3.82. The van der Waals surface area contributed by atoms with Crippen LogP contribution in [0, 0.1) is 12.3 Å². The van der Waals surface area contributed by atoms with Gasteiger partial charge in [-0.2, -0.15) is 0 Å². The van der Waals surface area contributed by atoms with E-state index in [0.717, 1.165) is 44.8 Å². The quantitative estimate of drug-likeness (QED) is 0.424. The number of aliphatic imine (C=N–C) groups is 1. The molecule has 0 aromatic heterocycles. The van der Waals surface area contributed by atoms with Crippen molar-refractivity contribution in [3.63, 3.8) is 0 Å². The SMILES string of the molecule is CCOC1CC(N=C(N)Nc2cccc(C)c2)C12CCOCC2.I. The lowest BCUT2D eigenvalue weighted by atomic mass is 9.58. The average molecular weight is 445 g/mol. The summed E-state index contributed by atoms with van der Waals surface area (Å²) in [7, 11) is 0. The monoisotopic (exact) mass is 445 g/mol. The number of anilines is 1. The van der Waals surface area contributed by atoms with E-state index >= 15 is 0 Å². The second-order valence-electron chi connectivity index (χ2n) is 6.55. The molecule has 5 nitrogen and oxygen atoms in total. The first-order valence-electron chi connectivity index (χ1n) is 8.50. The molecule has 1 aliphatic heterocycles. The fourth-order valence-electron chi connectivity index (χ4n) is 3.82. The van der Waals surface area contributed by atoms with Crippen LogP contribution >= 0.6 is 24.0 Å². The van der Waals surface area contributed by atoms with Crippen molar-refractivity contribution in [3.05, 3.63) is 29.8 Å². The minimum atomic E-state index is 0. The van der Waals surface area contributed by atoms with Crippen molar-refractivity contribution in [2.24, 2.45) is 16.1 Å². The second kappa shape index (κ2) is 8.49. The molecule has 2 fully saturated rings. The lowest BCUT2D eigenvalue weighted by Gasteiger charge is -2.55. The number of nitrogens with zero attached hydrogens (tertiary/aromatic N) is 1. The van der Waals surface area contributed by atoms with Crippen molar-refractivity contribution in [2.75, 3.05) is 25.1 Å². The summed E-state index contributed by atoms with van der Waals surface area (Å²) in [6.07, 6.45) is 3.24. The molecule has 0 bridgehead atoms. The number of nitrogens with one attached hydrogen (secondary N) is 1. The first-order chi connectivity index (χ1) is 11.1. The highest BCUT2D eigenvalue weighted by atomic mass is 127. The van der Waals surface area contributed by atoms with E-state index < -0.39 is 0 Å². The molecule has 0 radical (unpaired) electrons. The van der Waals surface area contributed by atoms with Crippen LogP contribution in [-0.2, 0) is 9.47 Å². The van der Waals surface area contributed by atoms with Crippen LogP contribution in [0.3, 0.4) is 0 Å². The van der Waals surface area contributed by atoms with E-state index in [1.807, 2.05) is 12.1 Å². The summed E-state index contributed by atoms with van der Waals surface area (Å²) >= 11 is 0. The van der Waals surface area contributed by atoms with Gasteiger partial charge in [0.1, 0.15) is 0 Å². The lowest BCUT2D eigenvalue weighted by Crippen LogP contribution is -2.60. The van der Waals surface area contributed by atoms with Gasteiger partial charge in [0.25, 0.3) is 0 Å². The fraction of sp³-hybridized carbons (Fsp3) is 0.611. The Morgan fingerprint density at radius 1 is 1.42 bits per heavy atom. The molecular weight excluding hydrogens is 417 g/mol. The van der Waals surface area contributed by atoms with Crippen molar-refractivity contribution < 1.29 is 9.47 Å². The van der Waals surface area contributed by atoms with Crippen molar-refractivity contribution in [3.8, 4) is 0 Å². The summed E-state index contributed by atoms with van der Waals surface area (Å²) in [4.78, 5) is 4.76. The highest BCUT2D eigenvalue weighted by Gasteiger charge is 2.56. The van der Waals surface area contributed by atoms with E-state index in [-0.39, 0.29) is 41.5 Å². The molecule has 3 rings (SSSR count). The van der Waals surface area contributed by atoms with Crippen molar-refractivity contribution in [1.82, 2.24) is 0 Å². The van der Waals surface area contributed by atoms with Gasteiger partial charge in [-0.25, -0.2) is 4.99 Å². The van der Waals surface area contributed by atoms with Gasteiger partial charge in [0, 0.05) is 30.9 Å². The predicted octanol–water partition coefficient (Wildman–Crippen LogP) is 3.31. The molecule has 6 heteroatoms. The number of aryl methyl sites for hydroxylation is 1. The summed E-state index contributed by atoms with van der Waals surface area (Å²) in [5, 5.41) is 3.21. The van der Waals surface area contributed by atoms with Crippen molar-refractivity contribution in [1.29, 1.82) is 0 Å². The smallest absolute Gasteiger partial charge is 0.193 e. The number of hydrogen-bond donors (Lipinski definition) is 2. The zero-order valence-electron chi connectivity index (χ0n) is 14.5. The highest BCUT2D eigenvalue weighted by Crippen LogP contribution is 2.52. The molecule has 2 unspecified atom stereocenters. The Balaban J connectivity index is 0.00000208. The molecule has 2 aliphatic rings. The number of nitrogens with two attached hydrogens (primary N) is 1. The Labute approximate surface area is 161 Å². The second-order valence-corrected chi connectivity index (χ2v) is 6.55. The maximum absolute atomic E-state index is 6.14. The van der Waals surface area contributed by atoms with Gasteiger partial charge in [-0.15, -0.1) is 24.0 Å². The van der Waals surface area contributed by atoms with Gasteiger partial charge >= 0.3 is 0 Å². The van der Waals surface area contributed by atoms with Crippen LogP contribution in [0.25, 0.3) is 0 Å². The molecule has 1 saturated heterocycles. The average Bonchev–Trinajstić information content (AvgIpc) is 2.55. The third kappa shape index (κ3) is 4.03. The molecule has 1 saturated carbocycles. The van der Waals surface area contributed by atoms with Gasteiger partial charge in [0.15, 0.2) is 5.96 Å². The van der Waals surface area contributed by atoms with Crippen molar-refractivity contribution >= 4 is 35.6 Å². The number of benzene rings is 1. The minimum Gasteiger partial charge on any atom is -0.381 e. The Hall–Kier alpha value is -0.860. The number of hydrogen-bond acceptors (Lipinski definition) is 3. The largest absolute Gasteiger partial charge is 0.381 e. The Morgan fingerprint density at radius 3 is 2.83 bits per heavy atom. The number of ether oxygens (including phenoxy) is 2. The summed E-state index contributed by atoms with van der Waals surface area (Å²) in [5.74, 6) is 0.487. The Kier molecular flexibility index (Phi) is 6.88. The van der Waals surface area contributed by atoms with Crippen LogP contribution in [0.15, 0.2) is 29.3 Å². The van der Waals surface area contributed by atoms with Gasteiger partial charge in [-0.1, -0.05) is 12.1 Å². The molecule has 1 aromatic rings. The number of guanidine groups is 1. The lowest BCUT2D eigenvalue weighted by molar-refractivity contribution is -0.163. The maximum Gasteiger partial charge on any atom is 0.193 e. The van der Waals surface area contributed by atoms with Gasteiger partial charge in [-0.3, -0.25) is 0 Å². The zero-order valence-corrected chi connectivity index (χ0v) is 16.8. The van der Waals surface area contributed by atoms with Crippen LogP contribution in [-0.4, -0.2) is 37.9 Å². The molecule has 1 heterocycles. The highest BCUT2D eigenvalue weighted by molar-refractivity contribution is 14.0. The molecule has 3 N–H and O–H groups in total. The molecule has 0 amide bonds. The number of halogens is 1. The molecular formula is C18H28IN3O2. The van der Waals surface area contributed by atoms with Crippen LogP contribution in [0.2, 0.25) is 0 Å². The summed E-state index contributed by atoms with van der Waals surface area (Å²) < 4.78 is 11.5. The van der Waals surface area contributed by atoms with E-state index in [4.69, 9.17) is 20.2 Å².